The smallest absolute Gasteiger partial charge is 0.335 e. The Labute approximate surface area is 123 Å². The Hall–Kier alpha value is -1.24. The van der Waals surface area contributed by atoms with Crippen LogP contribution in [0.1, 0.15) is 25.7 Å². The number of nitrogens with zero attached hydrogens (tertiary/aromatic N) is 2. The summed E-state index contributed by atoms with van der Waals surface area (Å²) in [5.74, 6) is 1.41. The summed E-state index contributed by atoms with van der Waals surface area (Å²) < 4.78 is 0. The van der Waals surface area contributed by atoms with Gasteiger partial charge in [0.25, 0.3) is 0 Å². The third-order valence-electron chi connectivity index (χ3n) is 4.05. The number of carbonyl (C=O) groups is 2. The maximum Gasteiger partial charge on any atom is 0.345 e. The number of carbonyl (C=O) groups excluding carboxylic acids is 2. The molecule has 20 heavy (non-hydrogen) atoms. The SMILES string of the molecule is CSC(=NC(=O)N(C)C)NC(=O)NC1CC2CCC1C2. The summed E-state index contributed by atoms with van der Waals surface area (Å²) in [5.41, 5.74) is 0. The van der Waals surface area contributed by atoms with Gasteiger partial charge < -0.3 is 10.2 Å². The molecule has 0 spiro atoms. The van der Waals surface area contributed by atoms with Gasteiger partial charge in [0.2, 0.25) is 0 Å². The topological polar surface area (TPSA) is 73.8 Å². The first-order valence-electron chi connectivity index (χ1n) is 6.91. The van der Waals surface area contributed by atoms with Crippen molar-refractivity contribution in [2.75, 3.05) is 20.4 Å². The van der Waals surface area contributed by atoms with Crippen LogP contribution in [0.4, 0.5) is 9.59 Å². The minimum absolute atomic E-state index is 0.262. The molecule has 2 rings (SSSR count). The van der Waals surface area contributed by atoms with Crippen LogP contribution < -0.4 is 10.6 Å². The largest absolute Gasteiger partial charge is 0.345 e. The highest BCUT2D eigenvalue weighted by Crippen LogP contribution is 2.44. The first-order chi connectivity index (χ1) is 9.49. The molecule has 2 bridgehead atoms. The molecule has 3 atom stereocenters. The Balaban J connectivity index is 1.85. The first kappa shape index (κ1) is 15.2. The summed E-state index contributed by atoms with van der Waals surface area (Å²) in [6.45, 7) is 0. The molecule has 7 heteroatoms. The summed E-state index contributed by atoms with van der Waals surface area (Å²) in [6, 6.07) is -0.363. The number of aliphatic imine (C=N–C) groups is 1. The van der Waals surface area contributed by atoms with E-state index >= 15 is 0 Å². The fourth-order valence-corrected chi connectivity index (χ4v) is 3.40. The quantitative estimate of drug-likeness (QED) is 0.573. The van der Waals surface area contributed by atoms with Crippen LogP contribution in [0.3, 0.4) is 0 Å². The van der Waals surface area contributed by atoms with Crippen LogP contribution in [0.15, 0.2) is 4.99 Å². The number of fused-ring (bicyclic) bond motifs is 2. The average molecular weight is 298 g/mol. The van der Waals surface area contributed by atoms with Crippen LogP contribution in [0.25, 0.3) is 0 Å². The van der Waals surface area contributed by atoms with Crippen molar-refractivity contribution in [1.29, 1.82) is 0 Å². The summed E-state index contributed by atoms with van der Waals surface area (Å²) in [4.78, 5) is 28.7. The molecule has 2 N–H and O–H groups in total. The van der Waals surface area contributed by atoms with E-state index in [-0.39, 0.29) is 18.1 Å². The van der Waals surface area contributed by atoms with Gasteiger partial charge in [-0.05, 0) is 37.4 Å². The van der Waals surface area contributed by atoms with Crippen molar-refractivity contribution >= 4 is 29.0 Å². The predicted octanol–water partition coefficient (Wildman–Crippen LogP) is 1.87. The minimum Gasteiger partial charge on any atom is -0.335 e. The van der Waals surface area contributed by atoms with Gasteiger partial charge in [-0.2, -0.15) is 4.99 Å². The Morgan fingerprint density at radius 1 is 1.25 bits per heavy atom. The van der Waals surface area contributed by atoms with E-state index in [4.69, 9.17) is 0 Å². The molecule has 0 aromatic carbocycles. The number of urea groups is 2. The van der Waals surface area contributed by atoms with E-state index in [0.717, 1.165) is 12.3 Å². The fourth-order valence-electron chi connectivity index (χ4n) is 3.03. The van der Waals surface area contributed by atoms with Gasteiger partial charge in [0.15, 0.2) is 5.17 Å². The van der Waals surface area contributed by atoms with Crippen molar-refractivity contribution in [2.45, 2.75) is 31.7 Å². The number of hydrogen-bond acceptors (Lipinski definition) is 3. The lowest BCUT2D eigenvalue weighted by Gasteiger charge is -2.23. The molecule has 112 valence electrons. The summed E-state index contributed by atoms with van der Waals surface area (Å²) in [6.07, 6.45) is 6.63. The number of amides is 4. The van der Waals surface area contributed by atoms with Crippen LogP contribution >= 0.6 is 11.8 Å². The van der Waals surface area contributed by atoms with E-state index in [0.29, 0.717) is 11.1 Å². The van der Waals surface area contributed by atoms with E-state index in [1.54, 1.807) is 20.4 Å². The lowest BCUT2D eigenvalue weighted by atomic mass is 9.95. The molecule has 2 aliphatic rings. The van der Waals surface area contributed by atoms with E-state index < -0.39 is 0 Å². The molecule has 0 aromatic rings. The highest BCUT2D eigenvalue weighted by Gasteiger charge is 2.40. The standard InChI is InChI=1S/C13H22N4O2S/c1-17(2)13(19)16-12(20-3)15-11(18)14-10-7-8-4-5-9(10)6-8/h8-10H,4-7H2,1-3H3,(H2,14,15,16,18,19). The summed E-state index contributed by atoms with van der Waals surface area (Å²) in [7, 11) is 3.25. The minimum atomic E-state index is -0.380. The van der Waals surface area contributed by atoms with Crippen molar-refractivity contribution in [3.05, 3.63) is 0 Å². The van der Waals surface area contributed by atoms with Gasteiger partial charge in [-0.15, -0.1) is 0 Å². The van der Waals surface area contributed by atoms with E-state index in [2.05, 4.69) is 15.6 Å². The summed E-state index contributed by atoms with van der Waals surface area (Å²) >= 11 is 1.25. The lowest BCUT2D eigenvalue weighted by Crippen LogP contribution is -2.46. The average Bonchev–Trinajstić information content (AvgIpc) is 2.99. The highest BCUT2D eigenvalue weighted by atomic mass is 32.2. The molecule has 3 unspecified atom stereocenters. The maximum absolute atomic E-state index is 12.0. The molecular formula is C13H22N4O2S. The second kappa shape index (κ2) is 6.47. The van der Waals surface area contributed by atoms with Gasteiger partial charge in [-0.3, -0.25) is 5.32 Å². The van der Waals surface area contributed by atoms with Crippen LogP contribution in [-0.4, -0.2) is 48.5 Å². The van der Waals surface area contributed by atoms with Crippen LogP contribution in [0.5, 0.6) is 0 Å². The van der Waals surface area contributed by atoms with Crippen molar-refractivity contribution in [2.24, 2.45) is 16.8 Å². The molecule has 2 saturated carbocycles. The molecule has 0 aromatic heterocycles. The van der Waals surface area contributed by atoms with Crippen LogP contribution in [0, 0.1) is 11.8 Å². The van der Waals surface area contributed by atoms with Gasteiger partial charge in [0, 0.05) is 20.1 Å². The Kier molecular flexibility index (Phi) is 4.91. The number of nitrogens with one attached hydrogen (secondary N) is 2. The van der Waals surface area contributed by atoms with Crippen molar-refractivity contribution < 1.29 is 9.59 Å². The second-order valence-electron chi connectivity index (χ2n) is 5.68. The van der Waals surface area contributed by atoms with Crippen LogP contribution in [0.2, 0.25) is 0 Å². The zero-order valence-electron chi connectivity index (χ0n) is 12.2. The lowest BCUT2D eigenvalue weighted by molar-refractivity contribution is 0.227. The maximum atomic E-state index is 12.0. The Morgan fingerprint density at radius 3 is 2.50 bits per heavy atom. The van der Waals surface area contributed by atoms with Gasteiger partial charge in [-0.1, -0.05) is 18.2 Å². The van der Waals surface area contributed by atoms with Gasteiger partial charge >= 0.3 is 12.1 Å². The molecule has 0 heterocycles. The van der Waals surface area contributed by atoms with Gasteiger partial charge in [-0.25, -0.2) is 9.59 Å². The zero-order chi connectivity index (χ0) is 14.7. The molecule has 4 amide bonds. The molecule has 0 saturated heterocycles. The third-order valence-corrected chi connectivity index (χ3v) is 4.63. The molecular weight excluding hydrogens is 276 g/mol. The molecule has 2 aliphatic carbocycles. The van der Waals surface area contributed by atoms with Gasteiger partial charge in [0.05, 0.1) is 0 Å². The first-order valence-corrected chi connectivity index (χ1v) is 8.13. The molecule has 0 radical (unpaired) electrons. The highest BCUT2D eigenvalue weighted by molar-refractivity contribution is 8.13. The number of thioether (sulfide) groups is 1. The third kappa shape index (κ3) is 3.65. The monoisotopic (exact) mass is 298 g/mol. The molecule has 0 aliphatic heterocycles. The zero-order valence-corrected chi connectivity index (χ0v) is 13.0. The van der Waals surface area contributed by atoms with E-state index in [1.807, 2.05) is 0 Å². The van der Waals surface area contributed by atoms with Crippen molar-refractivity contribution in [1.82, 2.24) is 15.5 Å². The van der Waals surface area contributed by atoms with E-state index in [9.17, 15) is 9.59 Å². The number of hydrogen-bond donors (Lipinski definition) is 2. The second-order valence-corrected chi connectivity index (χ2v) is 6.47. The predicted molar refractivity (Wildman–Crippen MR) is 80.9 cm³/mol. The Bertz CT molecular complexity index is 425. The number of amidine groups is 1. The van der Waals surface area contributed by atoms with E-state index in [1.165, 1.54) is 35.9 Å². The molecule has 2 fully saturated rings. The van der Waals surface area contributed by atoms with Crippen LogP contribution in [-0.2, 0) is 0 Å². The van der Waals surface area contributed by atoms with Crippen molar-refractivity contribution in [3.8, 4) is 0 Å². The van der Waals surface area contributed by atoms with Crippen molar-refractivity contribution in [3.63, 3.8) is 0 Å². The normalized spacial score (nSPS) is 28.4. The number of rotatable bonds is 1. The fraction of sp³-hybridized carbons (Fsp3) is 0.769. The Morgan fingerprint density at radius 2 is 2.00 bits per heavy atom. The summed E-state index contributed by atoms with van der Waals surface area (Å²) in [5, 5.41) is 5.99. The molecule has 6 nitrogen and oxygen atoms in total. The van der Waals surface area contributed by atoms with Gasteiger partial charge in [0.1, 0.15) is 0 Å².